The third-order valence-corrected chi connectivity index (χ3v) is 6.77. The average molecular weight is 495 g/mol. The van der Waals surface area contributed by atoms with Crippen molar-refractivity contribution in [2.45, 2.75) is 39.8 Å². The Labute approximate surface area is 207 Å². The third kappa shape index (κ3) is 4.82. The summed E-state index contributed by atoms with van der Waals surface area (Å²) in [5, 5.41) is 9.72. The number of rotatable bonds is 6. The monoisotopic (exact) mass is 494 g/mol. The van der Waals surface area contributed by atoms with Crippen LogP contribution < -0.4 is 16.0 Å². The Morgan fingerprint density at radius 2 is 1.91 bits per heavy atom. The van der Waals surface area contributed by atoms with E-state index in [1.165, 1.54) is 4.57 Å². The molecule has 1 aromatic heterocycles. The topological polar surface area (TPSA) is 97.3 Å². The first-order valence-corrected chi connectivity index (χ1v) is 12.1. The predicted molar refractivity (Wildman–Crippen MR) is 134 cm³/mol. The van der Waals surface area contributed by atoms with Crippen LogP contribution in [0.4, 0.5) is 0 Å². The van der Waals surface area contributed by atoms with E-state index < -0.39 is 0 Å². The largest absolute Gasteiger partial charge is 0.493 e. The normalized spacial score (nSPS) is 15.7. The standard InChI is InChI=1S/C26H27ClN4O4/c1-3-30-23-10-8-18(12-21(23)25(33)31(4-2)26(30)34)24(32)29-11-5-6-17(15-29)16-35-20-9-7-19(14-28)22(27)13-20/h7-10,12-13,17H,3-6,11,15-16H2,1-2H3. The number of hydrogen-bond acceptors (Lipinski definition) is 5. The molecule has 1 saturated heterocycles. The Kier molecular flexibility index (Phi) is 7.27. The summed E-state index contributed by atoms with van der Waals surface area (Å²) in [7, 11) is 0. The first-order valence-electron chi connectivity index (χ1n) is 11.8. The van der Waals surface area contributed by atoms with Gasteiger partial charge in [0, 0.05) is 43.7 Å². The van der Waals surface area contributed by atoms with Crippen molar-refractivity contribution in [1.82, 2.24) is 14.0 Å². The van der Waals surface area contributed by atoms with Gasteiger partial charge in [-0.15, -0.1) is 0 Å². The summed E-state index contributed by atoms with van der Waals surface area (Å²) >= 11 is 6.08. The minimum absolute atomic E-state index is 0.144. The van der Waals surface area contributed by atoms with E-state index in [0.29, 0.717) is 59.0 Å². The van der Waals surface area contributed by atoms with Crippen LogP contribution in [-0.4, -0.2) is 39.6 Å². The van der Waals surface area contributed by atoms with Crippen LogP contribution in [0.3, 0.4) is 0 Å². The maximum atomic E-state index is 13.3. The zero-order valence-electron chi connectivity index (χ0n) is 19.8. The molecule has 1 amide bonds. The Morgan fingerprint density at radius 1 is 1.14 bits per heavy atom. The van der Waals surface area contributed by atoms with Crippen molar-refractivity contribution in [2.75, 3.05) is 19.7 Å². The van der Waals surface area contributed by atoms with Crippen LogP contribution in [-0.2, 0) is 13.1 Å². The number of likely N-dealkylation sites (tertiary alicyclic amines) is 1. The molecular weight excluding hydrogens is 468 g/mol. The lowest BCUT2D eigenvalue weighted by Crippen LogP contribution is -2.42. The molecule has 1 aliphatic heterocycles. The molecule has 4 rings (SSSR count). The minimum Gasteiger partial charge on any atom is -0.493 e. The fourth-order valence-electron chi connectivity index (χ4n) is 4.60. The Bertz CT molecular complexity index is 1440. The highest BCUT2D eigenvalue weighted by molar-refractivity contribution is 6.31. The van der Waals surface area contributed by atoms with Gasteiger partial charge in [-0.05, 0) is 57.0 Å². The van der Waals surface area contributed by atoms with Gasteiger partial charge in [-0.2, -0.15) is 5.26 Å². The molecule has 1 atom stereocenters. The maximum absolute atomic E-state index is 13.3. The summed E-state index contributed by atoms with van der Waals surface area (Å²) in [4.78, 5) is 40.6. The molecule has 182 valence electrons. The molecule has 1 unspecified atom stereocenters. The first-order chi connectivity index (χ1) is 16.9. The summed E-state index contributed by atoms with van der Waals surface area (Å²) in [6.07, 6.45) is 1.77. The van der Waals surface area contributed by atoms with Crippen molar-refractivity contribution in [2.24, 2.45) is 5.92 Å². The SMILES string of the molecule is CCn1c(=O)c2cc(C(=O)N3CCCC(COc4ccc(C#N)c(Cl)c4)C3)ccc2n(CC)c1=O. The Morgan fingerprint density at radius 3 is 2.60 bits per heavy atom. The molecule has 0 radical (unpaired) electrons. The van der Waals surface area contributed by atoms with Gasteiger partial charge in [-0.25, -0.2) is 4.79 Å². The molecule has 0 aliphatic carbocycles. The van der Waals surface area contributed by atoms with Gasteiger partial charge in [0.15, 0.2) is 0 Å². The van der Waals surface area contributed by atoms with Crippen LogP contribution in [0.15, 0.2) is 46.0 Å². The van der Waals surface area contributed by atoms with Gasteiger partial charge in [0.25, 0.3) is 11.5 Å². The lowest BCUT2D eigenvalue weighted by Gasteiger charge is -2.32. The fraction of sp³-hybridized carbons (Fsp3) is 0.385. The van der Waals surface area contributed by atoms with E-state index in [4.69, 9.17) is 21.6 Å². The molecule has 0 spiro atoms. The smallest absolute Gasteiger partial charge is 0.331 e. The molecule has 0 N–H and O–H groups in total. The number of nitrogens with zero attached hydrogens (tertiary/aromatic N) is 4. The van der Waals surface area contributed by atoms with Gasteiger partial charge in [0.1, 0.15) is 11.8 Å². The second-order valence-electron chi connectivity index (χ2n) is 8.63. The molecule has 2 heterocycles. The lowest BCUT2D eigenvalue weighted by atomic mass is 9.98. The van der Waals surface area contributed by atoms with Crippen LogP contribution in [0.2, 0.25) is 5.02 Å². The van der Waals surface area contributed by atoms with E-state index in [1.807, 2.05) is 13.0 Å². The van der Waals surface area contributed by atoms with Gasteiger partial charge in [-0.1, -0.05) is 11.6 Å². The highest BCUT2D eigenvalue weighted by Crippen LogP contribution is 2.25. The molecule has 1 fully saturated rings. The number of hydrogen-bond donors (Lipinski definition) is 0. The van der Waals surface area contributed by atoms with E-state index in [0.717, 1.165) is 12.8 Å². The second-order valence-corrected chi connectivity index (χ2v) is 9.04. The van der Waals surface area contributed by atoms with Gasteiger partial charge >= 0.3 is 5.69 Å². The summed E-state index contributed by atoms with van der Waals surface area (Å²) < 4.78 is 8.64. The number of aromatic nitrogens is 2. The third-order valence-electron chi connectivity index (χ3n) is 6.46. The first kappa shape index (κ1) is 24.6. The lowest BCUT2D eigenvalue weighted by molar-refractivity contribution is 0.0633. The number of halogens is 1. The van der Waals surface area contributed by atoms with Gasteiger partial charge in [0.05, 0.1) is 28.1 Å². The average Bonchev–Trinajstić information content (AvgIpc) is 2.88. The van der Waals surface area contributed by atoms with Crippen LogP contribution in [0, 0.1) is 17.2 Å². The number of amides is 1. The molecule has 9 heteroatoms. The maximum Gasteiger partial charge on any atom is 0.331 e. The van der Waals surface area contributed by atoms with Gasteiger partial charge in [-0.3, -0.25) is 18.7 Å². The molecule has 0 bridgehead atoms. The summed E-state index contributed by atoms with van der Waals surface area (Å²) in [5.41, 5.74) is 0.645. The Hall–Kier alpha value is -3.57. The van der Waals surface area contributed by atoms with Crippen molar-refractivity contribution < 1.29 is 9.53 Å². The van der Waals surface area contributed by atoms with Crippen molar-refractivity contribution in [3.8, 4) is 11.8 Å². The van der Waals surface area contributed by atoms with Crippen LogP contribution in [0.25, 0.3) is 10.9 Å². The quantitative estimate of drug-likeness (QED) is 0.521. The number of nitriles is 1. The summed E-state index contributed by atoms with van der Waals surface area (Å²) in [6.45, 7) is 5.90. The van der Waals surface area contributed by atoms with Crippen LogP contribution in [0.5, 0.6) is 5.75 Å². The van der Waals surface area contributed by atoms with E-state index in [2.05, 4.69) is 0 Å². The number of fused-ring (bicyclic) bond motifs is 1. The highest BCUT2D eigenvalue weighted by Gasteiger charge is 2.26. The highest BCUT2D eigenvalue weighted by atomic mass is 35.5. The van der Waals surface area contributed by atoms with E-state index in [9.17, 15) is 14.4 Å². The molecule has 8 nitrogen and oxygen atoms in total. The van der Waals surface area contributed by atoms with E-state index >= 15 is 0 Å². The van der Waals surface area contributed by atoms with Crippen molar-refractivity contribution in [3.63, 3.8) is 0 Å². The predicted octanol–water partition coefficient (Wildman–Crippen LogP) is 3.66. The zero-order valence-corrected chi connectivity index (χ0v) is 20.5. The van der Waals surface area contributed by atoms with E-state index in [1.54, 1.807) is 52.8 Å². The summed E-state index contributed by atoms with van der Waals surface area (Å²) in [6, 6.07) is 12.0. The molecule has 1 aliphatic rings. The number of carbonyl (C=O) groups is 1. The Balaban J connectivity index is 1.52. The van der Waals surface area contributed by atoms with Crippen LogP contribution >= 0.6 is 11.6 Å². The molecule has 3 aromatic rings. The van der Waals surface area contributed by atoms with Gasteiger partial charge in [0.2, 0.25) is 0 Å². The fourth-order valence-corrected chi connectivity index (χ4v) is 4.81. The van der Waals surface area contributed by atoms with Gasteiger partial charge < -0.3 is 9.64 Å². The number of ether oxygens (including phenoxy) is 1. The number of carbonyl (C=O) groups excluding carboxylic acids is 1. The van der Waals surface area contributed by atoms with Crippen LogP contribution in [0.1, 0.15) is 42.6 Å². The second kappa shape index (κ2) is 10.4. The summed E-state index contributed by atoms with van der Waals surface area (Å²) in [5.74, 6) is 0.584. The number of aryl methyl sites for hydroxylation is 1. The van der Waals surface area contributed by atoms with Crippen molar-refractivity contribution >= 4 is 28.4 Å². The molecule has 0 saturated carbocycles. The molecular formula is C26H27ClN4O4. The number of piperidine rings is 1. The van der Waals surface area contributed by atoms with Crippen molar-refractivity contribution in [3.05, 3.63) is 73.4 Å². The number of benzene rings is 2. The molecule has 2 aromatic carbocycles. The molecule has 35 heavy (non-hydrogen) atoms. The minimum atomic E-state index is -0.377. The zero-order chi connectivity index (χ0) is 25.1. The van der Waals surface area contributed by atoms with E-state index in [-0.39, 0.29) is 29.6 Å². The van der Waals surface area contributed by atoms with Crippen molar-refractivity contribution in [1.29, 1.82) is 5.26 Å².